The van der Waals surface area contributed by atoms with Crippen molar-refractivity contribution in [1.29, 1.82) is 0 Å². The first-order chi connectivity index (χ1) is 12.4. The summed E-state index contributed by atoms with van der Waals surface area (Å²) in [6.45, 7) is 11.2. The molecule has 0 saturated heterocycles. The number of benzene rings is 2. The maximum absolute atomic E-state index is 12.9. The predicted octanol–water partition coefficient (Wildman–Crippen LogP) is 3.03. The van der Waals surface area contributed by atoms with E-state index in [2.05, 4.69) is 39.0 Å². The average Bonchev–Trinajstić information content (AvgIpc) is 2.56. The Balaban J connectivity index is 0.00000364. The van der Waals surface area contributed by atoms with Gasteiger partial charge in [-0.3, -0.25) is 4.79 Å². The summed E-state index contributed by atoms with van der Waals surface area (Å²) in [5.41, 5.74) is 5.58. The molecule has 1 unspecified atom stereocenters. The molecule has 0 bridgehead atoms. The van der Waals surface area contributed by atoms with Gasteiger partial charge in [-0.2, -0.15) is 0 Å². The molecule has 0 fully saturated rings. The molecule has 0 aliphatic heterocycles. The average molecular weight is 377 g/mol. The van der Waals surface area contributed by atoms with Crippen LogP contribution >= 0.6 is 8.58 Å². The predicted molar refractivity (Wildman–Crippen MR) is 114 cm³/mol. The van der Waals surface area contributed by atoms with Crippen LogP contribution in [0.1, 0.15) is 65.2 Å². The fourth-order valence-electron chi connectivity index (χ4n) is 3.31. The molecule has 140 valence electrons. The van der Waals surface area contributed by atoms with Crippen LogP contribution in [0.5, 0.6) is 5.75 Å². The maximum Gasteiger partial charge on any atom is 1.00 e. The summed E-state index contributed by atoms with van der Waals surface area (Å²) in [4.78, 5) is 12.9. The molecule has 0 amide bonds. The number of carbonyl (C=O) groups is 1. The van der Waals surface area contributed by atoms with Gasteiger partial charge in [-0.05, 0) is 76.8 Å². The minimum atomic E-state index is 0. The summed E-state index contributed by atoms with van der Waals surface area (Å²) in [5.74, 6) is 0.905. The van der Waals surface area contributed by atoms with Gasteiger partial charge in [0.25, 0.3) is 0 Å². The summed E-state index contributed by atoms with van der Waals surface area (Å²) in [6, 6.07) is 10.3. The monoisotopic (exact) mass is 377 g/mol. The number of ether oxygens (including phenoxy) is 1. The topological polar surface area (TPSA) is 26.3 Å². The van der Waals surface area contributed by atoms with Gasteiger partial charge in [-0.25, -0.2) is 0 Å². The Morgan fingerprint density at radius 3 is 2.19 bits per heavy atom. The van der Waals surface area contributed by atoms with Crippen molar-refractivity contribution >= 4 is 19.4 Å². The second-order valence-electron chi connectivity index (χ2n) is 7.11. The SMILES string of the molecule is CCCCCCOc1ccc(PC(=O)c2c(C)cc(C)cc2C)c(C)c1.[Li+]. The Morgan fingerprint density at radius 2 is 1.59 bits per heavy atom. The van der Waals surface area contributed by atoms with Gasteiger partial charge in [-0.1, -0.05) is 49.9 Å². The standard InChI is InChI=1S/C23H31O2P.Li/c1-6-7-8-9-12-25-20-10-11-21(17(3)15-20)26-23(24)22-18(4)13-16(2)14-19(22)5;/h10-11,13-15,26H,6-9,12H2,1-5H3;/q;+1. The number of carbonyl (C=O) groups excluding carboxylic acids is 1. The van der Waals surface area contributed by atoms with E-state index in [-0.39, 0.29) is 33.0 Å². The molecule has 2 rings (SSSR count). The third kappa shape index (κ3) is 7.12. The third-order valence-electron chi connectivity index (χ3n) is 4.62. The van der Waals surface area contributed by atoms with Gasteiger partial charge in [0.05, 0.1) is 6.61 Å². The van der Waals surface area contributed by atoms with Crippen LogP contribution in [-0.2, 0) is 0 Å². The van der Waals surface area contributed by atoms with Crippen LogP contribution in [0.15, 0.2) is 30.3 Å². The van der Waals surface area contributed by atoms with Gasteiger partial charge in [0.2, 0.25) is 0 Å². The fourth-order valence-corrected chi connectivity index (χ4v) is 4.51. The van der Waals surface area contributed by atoms with Crippen LogP contribution in [-0.4, -0.2) is 12.1 Å². The number of unbranched alkanes of at least 4 members (excludes halogenated alkanes) is 3. The van der Waals surface area contributed by atoms with Crippen molar-refractivity contribution in [2.24, 2.45) is 0 Å². The van der Waals surface area contributed by atoms with Gasteiger partial charge in [0.15, 0.2) is 5.52 Å². The molecule has 0 saturated carbocycles. The molecule has 0 radical (unpaired) electrons. The summed E-state index contributed by atoms with van der Waals surface area (Å²) < 4.78 is 5.85. The molecule has 0 aliphatic carbocycles. The van der Waals surface area contributed by atoms with E-state index in [0.29, 0.717) is 0 Å². The van der Waals surface area contributed by atoms with Crippen LogP contribution < -0.4 is 28.9 Å². The van der Waals surface area contributed by atoms with Gasteiger partial charge in [0.1, 0.15) is 5.75 Å². The molecule has 0 heterocycles. The van der Waals surface area contributed by atoms with Crippen molar-refractivity contribution in [1.82, 2.24) is 0 Å². The Labute approximate surface area is 178 Å². The number of hydrogen-bond acceptors (Lipinski definition) is 2. The van der Waals surface area contributed by atoms with Gasteiger partial charge in [-0.15, -0.1) is 0 Å². The summed E-state index contributed by atoms with van der Waals surface area (Å²) in [7, 11) is 0.148. The Kier molecular flexibility index (Phi) is 10.4. The third-order valence-corrected chi connectivity index (χ3v) is 5.92. The largest absolute Gasteiger partial charge is 1.00 e. The Hall–Kier alpha value is -1.06. The van der Waals surface area contributed by atoms with Crippen LogP contribution in [0.2, 0.25) is 0 Å². The van der Waals surface area contributed by atoms with E-state index in [1.807, 2.05) is 26.0 Å². The van der Waals surface area contributed by atoms with Crippen molar-refractivity contribution in [2.75, 3.05) is 6.61 Å². The van der Waals surface area contributed by atoms with Crippen molar-refractivity contribution in [3.05, 3.63) is 58.1 Å². The minimum Gasteiger partial charge on any atom is -0.494 e. The van der Waals surface area contributed by atoms with Crippen LogP contribution in [0.3, 0.4) is 0 Å². The molecule has 2 nitrogen and oxygen atoms in total. The molecular formula is C23H31LiO2P+. The van der Waals surface area contributed by atoms with Gasteiger partial charge >= 0.3 is 18.9 Å². The van der Waals surface area contributed by atoms with Crippen molar-refractivity contribution in [3.63, 3.8) is 0 Å². The Bertz CT molecular complexity index is 748. The van der Waals surface area contributed by atoms with Crippen molar-refractivity contribution in [3.8, 4) is 5.75 Å². The number of aryl methyl sites for hydroxylation is 4. The fraction of sp³-hybridized carbons (Fsp3) is 0.435. The molecule has 0 aromatic heterocycles. The van der Waals surface area contributed by atoms with Crippen LogP contribution in [0.25, 0.3) is 0 Å². The zero-order valence-electron chi connectivity index (χ0n) is 17.7. The molecule has 0 N–H and O–H groups in total. The van der Waals surface area contributed by atoms with E-state index < -0.39 is 0 Å². The zero-order chi connectivity index (χ0) is 19.1. The quantitative estimate of drug-likeness (QED) is 0.382. The van der Waals surface area contributed by atoms with Crippen LogP contribution in [0, 0.1) is 27.7 Å². The molecule has 0 aliphatic rings. The van der Waals surface area contributed by atoms with E-state index in [1.54, 1.807) is 0 Å². The van der Waals surface area contributed by atoms with E-state index >= 15 is 0 Å². The second kappa shape index (κ2) is 11.7. The Morgan fingerprint density at radius 1 is 0.926 bits per heavy atom. The van der Waals surface area contributed by atoms with E-state index in [0.717, 1.165) is 46.3 Å². The molecular weight excluding hydrogens is 346 g/mol. The zero-order valence-corrected chi connectivity index (χ0v) is 18.7. The molecule has 4 heteroatoms. The van der Waals surface area contributed by atoms with E-state index in [9.17, 15) is 4.79 Å². The van der Waals surface area contributed by atoms with E-state index in [4.69, 9.17) is 4.74 Å². The van der Waals surface area contributed by atoms with Gasteiger partial charge < -0.3 is 4.74 Å². The summed E-state index contributed by atoms with van der Waals surface area (Å²) in [6.07, 6.45) is 4.82. The second-order valence-corrected chi connectivity index (χ2v) is 8.36. The first-order valence-corrected chi connectivity index (χ1v) is 10.5. The minimum absolute atomic E-state index is 0. The summed E-state index contributed by atoms with van der Waals surface area (Å²) in [5, 5.41) is 1.10. The van der Waals surface area contributed by atoms with E-state index in [1.165, 1.54) is 24.8 Å². The smallest absolute Gasteiger partial charge is 0.494 e. The number of rotatable bonds is 9. The molecule has 2 aromatic rings. The van der Waals surface area contributed by atoms with Crippen molar-refractivity contribution < 1.29 is 28.4 Å². The molecule has 2 aromatic carbocycles. The first kappa shape index (κ1) is 24.0. The van der Waals surface area contributed by atoms with Gasteiger partial charge in [0, 0.05) is 5.56 Å². The normalized spacial score (nSPS) is 10.9. The van der Waals surface area contributed by atoms with Crippen LogP contribution in [0.4, 0.5) is 0 Å². The molecule has 0 spiro atoms. The number of hydrogen-bond donors (Lipinski definition) is 0. The summed E-state index contributed by atoms with van der Waals surface area (Å²) >= 11 is 0. The first-order valence-electron chi connectivity index (χ1n) is 9.55. The maximum atomic E-state index is 12.9. The molecule has 1 atom stereocenters. The molecule has 27 heavy (non-hydrogen) atoms. The van der Waals surface area contributed by atoms with Crippen molar-refractivity contribution in [2.45, 2.75) is 60.3 Å².